The molecule has 0 fully saturated rings. The molecule has 12 nitrogen and oxygen atoms in total. The van der Waals surface area contributed by atoms with Crippen molar-refractivity contribution in [1.82, 2.24) is 33.6 Å². The average molecular weight is 516 g/mol. The normalized spacial score (nSPS) is 11.6. The highest BCUT2D eigenvalue weighted by Crippen LogP contribution is 2.33. The quantitative estimate of drug-likeness (QED) is 0.404. The molecular formula is C22H19F3N8O4. The number of anilines is 1. The molecular weight excluding hydrogens is 497 g/mol. The first-order valence-corrected chi connectivity index (χ1v) is 10.7. The molecule has 0 radical (unpaired) electrons. The van der Waals surface area contributed by atoms with Gasteiger partial charge in [0.2, 0.25) is 5.91 Å². The van der Waals surface area contributed by atoms with Gasteiger partial charge in [0.15, 0.2) is 17.0 Å². The minimum absolute atomic E-state index is 0.0248. The summed E-state index contributed by atoms with van der Waals surface area (Å²) in [5.74, 6) is -1.12. The van der Waals surface area contributed by atoms with Crippen LogP contribution in [0.4, 0.5) is 19.0 Å². The standard InChI is InChI=1S/C22H19F3N8O4/c1-11(34)8-33-20(36)18-19(31(3)21(33)37)28-10-32(18)9-17(35)30-16-7-26-6-15(29-16)13-4-14(22(23,24)25)12(2)27-5-13/h4-7,10H,8-9H2,1-3H3,(H,29,30,35). The van der Waals surface area contributed by atoms with E-state index in [-0.39, 0.29) is 33.9 Å². The molecule has 0 spiro atoms. The Morgan fingerprint density at radius 3 is 2.49 bits per heavy atom. The van der Waals surface area contributed by atoms with Gasteiger partial charge >= 0.3 is 11.9 Å². The number of amides is 1. The van der Waals surface area contributed by atoms with E-state index < -0.39 is 47.8 Å². The van der Waals surface area contributed by atoms with Crippen molar-refractivity contribution in [3.63, 3.8) is 0 Å². The fourth-order valence-corrected chi connectivity index (χ4v) is 3.67. The molecule has 37 heavy (non-hydrogen) atoms. The van der Waals surface area contributed by atoms with E-state index in [1.807, 2.05) is 0 Å². The van der Waals surface area contributed by atoms with Crippen molar-refractivity contribution in [2.75, 3.05) is 5.32 Å². The third kappa shape index (κ3) is 5.00. The number of hydrogen-bond acceptors (Lipinski definition) is 8. The highest BCUT2D eigenvalue weighted by Gasteiger charge is 2.33. The molecule has 1 amide bonds. The summed E-state index contributed by atoms with van der Waals surface area (Å²) in [5.41, 5.74) is -2.57. The molecule has 0 aromatic carbocycles. The van der Waals surface area contributed by atoms with Crippen molar-refractivity contribution in [2.45, 2.75) is 33.1 Å². The average Bonchev–Trinajstić information content (AvgIpc) is 3.23. The summed E-state index contributed by atoms with van der Waals surface area (Å²) in [6, 6.07) is 0.895. The SMILES string of the molecule is CC(=O)Cn1c(=O)c2c(ncn2CC(=O)Nc2cncc(-c3cnc(C)c(C(F)(F)F)c3)n2)n(C)c1=O. The Labute approximate surface area is 205 Å². The largest absolute Gasteiger partial charge is 0.418 e. The Bertz CT molecular complexity index is 1670. The van der Waals surface area contributed by atoms with Crippen LogP contribution < -0.4 is 16.6 Å². The maximum atomic E-state index is 13.2. The number of hydrogen-bond donors (Lipinski definition) is 1. The summed E-state index contributed by atoms with van der Waals surface area (Å²) >= 11 is 0. The van der Waals surface area contributed by atoms with Gasteiger partial charge < -0.3 is 9.88 Å². The van der Waals surface area contributed by atoms with Crippen molar-refractivity contribution in [3.8, 4) is 11.3 Å². The van der Waals surface area contributed by atoms with Crippen LogP contribution in [0.25, 0.3) is 22.4 Å². The van der Waals surface area contributed by atoms with Gasteiger partial charge in [0.05, 0.1) is 36.5 Å². The molecule has 15 heteroatoms. The first-order valence-electron chi connectivity index (χ1n) is 10.7. The number of rotatable bonds is 6. The van der Waals surface area contributed by atoms with Gasteiger partial charge in [-0.2, -0.15) is 13.2 Å². The smallest absolute Gasteiger partial charge is 0.315 e. The second-order valence-corrected chi connectivity index (χ2v) is 8.17. The first kappa shape index (κ1) is 25.4. The molecule has 4 aromatic heterocycles. The molecule has 192 valence electrons. The zero-order chi connectivity index (χ0) is 27.1. The van der Waals surface area contributed by atoms with Crippen LogP contribution in [0.3, 0.4) is 0 Å². The number of halogens is 3. The monoisotopic (exact) mass is 516 g/mol. The van der Waals surface area contributed by atoms with E-state index in [1.54, 1.807) is 0 Å². The number of imidazole rings is 1. The molecule has 1 N–H and O–H groups in total. The lowest BCUT2D eigenvalue weighted by Gasteiger charge is -2.12. The van der Waals surface area contributed by atoms with Crippen molar-refractivity contribution in [1.29, 1.82) is 0 Å². The second-order valence-electron chi connectivity index (χ2n) is 8.17. The molecule has 0 bridgehead atoms. The molecule has 4 aromatic rings. The van der Waals surface area contributed by atoms with Crippen molar-refractivity contribution >= 4 is 28.7 Å². The van der Waals surface area contributed by atoms with Crippen LogP contribution in [-0.2, 0) is 35.9 Å². The van der Waals surface area contributed by atoms with Gasteiger partial charge in [-0.1, -0.05) is 0 Å². The van der Waals surface area contributed by atoms with Gasteiger partial charge in [-0.3, -0.25) is 33.5 Å². The molecule has 4 heterocycles. The lowest BCUT2D eigenvalue weighted by molar-refractivity contribution is -0.138. The van der Waals surface area contributed by atoms with E-state index in [4.69, 9.17) is 0 Å². The third-order valence-corrected chi connectivity index (χ3v) is 5.39. The highest BCUT2D eigenvalue weighted by atomic mass is 19.4. The lowest BCUT2D eigenvalue weighted by Crippen LogP contribution is -2.41. The third-order valence-electron chi connectivity index (χ3n) is 5.39. The first-order chi connectivity index (χ1) is 17.4. The summed E-state index contributed by atoms with van der Waals surface area (Å²) in [4.78, 5) is 65.4. The number of fused-ring (bicyclic) bond motifs is 1. The van der Waals surface area contributed by atoms with Gasteiger partial charge in [-0.15, -0.1) is 0 Å². The van der Waals surface area contributed by atoms with Crippen molar-refractivity contribution in [3.05, 3.63) is 63.1 Å². The highest BCUT2D eigenvalue weighted by molar-refractivity contribution is 5.90. The maximum Gasteiger partial charge on any atom is 0.418 e. The Balaban J connectivity index is 1.62. The predicted molar refractivity (Wildman–Crippen MR) is 124 cm³/mol. The van der Waals surface area contributed by atoms with Crippen LogP contribution in [0.2, 0.25) is 0 Å². The van der Waals surface area contributed by atoms with Gasteiger partial charge in [-0.05, 0) is 19.9 Å². The van der Waals surface area contributed by atoms with Crippen LogP contribution in [-0.4, -0.2) is 45.3 Å². The maximum absolute atomic E-state index is 13.2. The van der Waals surface area contributed by atoms with Crippen LogP contribution in [0.1, 0.15) is 18.2 Å². The van der Waals surface area contributed by atoms with Crippen LogP contribution in [0, 0.1) is 6.92 Å². The Kier molecular flexibility index (Phi) is 6.46. The van der Waals surface area contributed by atoms with Crippen molar-refractivity contribution < 1.29 is 22.8 Å². The molecule has 4 rings (SSSR count). The number of nitrogens with zero attached hydrogens (tertiary/aromatic N) is 7. The van der Waals surface area contributed by atoms with E-state index in [0.717, 1.165) is 15.2 Å². The number of ketones is 1. The van der Waals surface area contributed by atoms with Crippen LogP contribution in [0.5, 0.6) is 0 Å². The van der Waals surface area contributed by atoms with E-state index in [0.29, 0.717) is 0 Å². The summed E-state index contributed by atoms with van der Waals surface area (Å²) < 4.78 is 42.8. The predicted octanol–water partition coefficient (Wildman–Crippen LogP) is 1.30. The summed E-state index contributed by atoms with van der Waals surface area (Å²) in [6.07, 6.45) is 0.231. The lowest BCUT2D eigenvalue weighted by atomic mass is 10.1. The van der Waals surface area contributed by atoms with E-state index in [1.165, 1.54) is 50.4 Å². The Morgan fingerprint density at radius 1 is 1.08 bits per heavy atom. The molecule has 0 aliphatic rings. The zero-order valence-corrected chi connectivity index (χ0v) is 19.7. The van der Waals surface area contributed by atoms with Crippen LogP contribution in [0.15, 0.2) is 40.6 Å². The van der Waals surface area contributed by atoms with Gasteiger partial charge in [0.1, 0.15) is 12.3 Å². The molecule has 0 unspecified atom stereocenters. The fraction of sp³-hybridized carbons (Fsp3) is 0.273. The molecule has 0 aliphatic heterocycles. The molecule has 0 atom stereocenters. The molecule has 0 aliphatic carbocycles. The van der Waals surface area contributed by atoms with Gasteiger partial charge in [0, 0.05) is 24.5 Å². The zero-order valence-electron chi connectivity index (χ0n) is 19.7. The minimum Gasteiger partial charge on any atom is -0.315 e. The number of alkyl halides is 3. The number of carbonyl (C=O) groups is 2. The minimum atomic E-state index is -4.60. The number of nitrogens with one attached hydrogen (secondary N) is 1. The van der Waals surface area contributed by atoms with E-state index in [2.05, 4.69) is 25.3 Å². The molecule has 0 saturated heterocycles. The summed E-state index contributed by atoms with van der Waals surface area (Å²) in [6.45, 7) is 1.61. The number of carbonyl (C=O) groups excluding carboxylic acids is 2. The van der Waals surface area contributed by atoms with E-state index in [9.17, 15) is 32.3 Å². The van der Waals surface area contributed by atoms with E-state index >= 15 is 0 Å². The second kappa shape index (κ2) is 9.40. The molecule has 0 saturated carbocycles. The van der Waals surface area contributed by atoms with Gasteiger partial charge in [0.25, 0.3) is 5.56 Å². The number of pyridine rings is 1. The Morgan fingerprint density at radius 2 is 1.81 bits per heavy atom. The van der Waals surface area contributed by atoms with Crippen molar-refractivity contribution in [2.24, 2.45) is 7.05 Å². The van der Waals surface area contributed by atoms with Crippen LogP contribution >= 0.6 is 0 Å². The number of aryl methyl sites for hydroxylation is 2. The summed E-state index contributed by atoms with van der Waals surface area (Å²) in [7, 11) is 1.38. The number of aromatic nitrogens is 7. The topological polar surface area (TPSA) is 147 Å². The number of Topliss-reactive ketones (excluding diaryl/α,β-unsaturated/α-hetero) is 1. The van der Waals surface area contributed by atoms with Gasteiger partial charge in [-0.25, -0.2) is 14.8 Å². The fourth-order valence-electron chi connectivity index (χ4n) is 3.67. The Hall–Kier alpha value is -4.69. The summed E-state index contributed by atoms with van der Waals surface area (Å²) in [5, 5.41) is 2.47.